The lowest BCUT2D eigenvalue weighted by molar-refractivity contribution is -0.122. The highest BCUT2D eigenvalue weighted by Crippen LogP contribution is 2.50. The number of amides is 3. The van der Waals surface area contributed by atoms with Crippen molar-refractivity contribution in [3.8, 4) is 29.5 Å². The van der Waals surface area contributed by atoms with E-state index >= 15 is 0 Å². The van der Waals surface area contributed by atoms with Gasteiger partial charge in [-0.05, 0) is 41.0 Å². The molecular weight excluding hydrogens is 434 g/mol. The van der Waals surface area contributed by atoms with Crippen LogP contribution < -0.4 is 16.0 Å². The summed E-state index contributed by atoms with van der Waals surface area (Å²) in [5.74, 6) is 2.37. The molecule has 0 radical (unpaired) electrons. The third-order valence-corrected chi connectivity index (χ3v) is 6.39. The molecule has 164 valence electrons. The van der Waals surface area contributed by atoms with E-state index in [9.17, 15) is 14.9 Å². The number of hydrogen-bond acceptors (Lipinski definition) is 5. The van der Waals surface area contributed by atoms with Crippen LogP contribution in [0.4, 0.5) is 10.6 Å². The van der Waals surface area contributed by atoms with Crippen LogP contribution in [0.1, 0.15) is 35.0 Å². The number of likely N-dealkylation sites (N-methyl/N-ethyl adjacent to an activating group) is 1. The standard InChI is InChI=1S/C25H21N5O2S/c1-3-21-28-20(14-33-21)29-24(32)30-22(23(31)27-2)17-10-8-16(9-11-17)18-6-4-5-7-19(18)25(15-26)12-13-25/h1,4-11,14,22H,12-13H2,2H3,(H,27,31)(H2,29,30,32). The topological polar surface area (TPSA) is 107 Å². The van der Waals surface area contributed by atoms with Gasteiger partial charge in [-0.15, -0.1) is 17.8 Å². The van der Waals surface area contributed by atoms with E-state index in [0.717, 1.165) is 29.5 Å². The summed E-state index contributed by atoms with van der Waals surface area (Å²) < 4.78 is 0. The lowest BCUT2D eigenvalue weighted by Crippen LogP contribution is -2.41. The van der Waals surface area contributed by atoms with E-state index < -0.39 is 17.5 Å². The van der Waals surface area contributed by atoms with E-state index in [-0.39, 0.29) is 5.91 Å². The Hall–Kier alpha value is -4.14. The van der Waals surface area contributed by atoms with Crippen molar-refractivity contribution in [1.29, 1.82) is 5.26 Å². The molecule has 1 fully saturated rings. The van der Waals surface area contributed by atoms with Crippen molar-refractivity contribution in [3.05, 3.63) is 70.0 Å². The van der Waals surface area contributed by atoms with Gasteiger partial charge in [0, 0.05) is 12.4 Å². The SMILES string of the molecule is C#Cc1nc(NC(=O)NC(C(=O)NC)c2ccc(-c3ccccc3C3(C#N)CC3)cc2)cs1. The average molecular weight is 456 g/mol. The fraction of sp³-hybridized carbons (Fsp3) is 0.200. The molecule has 1 aliphatic rings. The average Bonchev–Trinajstić information content (AvgIpc) is 3.53. The van der Waals surface area contributed by atoms with Crippen molar-refractivity contribution >= 4 is 29.1 Å². The van der Waals surface area contributed by atoms with Crippen LogP contribution in [0, 0.1) is 23.7 Å². The van der Waals surface area contributed by atoms with Crippen LogP contribution >= 0.6 is 11.3 Å². The Morgan fingerprint density at radius 1 is 1.18 bits per heavy atom. The van der Waals surface area contributed by atoms with E-state index in [0.29, 0.717) is 16.4 Å². The number of rotatable bonds is 6. The van der Waals surface area contributed by atoms with Crippen LogP contribution in [0.15, 0.2) is 53.9 Å². The van der Waals surface area contributed by atoms with Gasteiger partial charge < -0.3 is 10.6 Å². The molecule has 1 heterocycles. The van der Waals surface area contributed by atoms with Crippen molar-refractivity contribution in [2.24, 2.45) is 0 Å². The molecule has 0 spiro atoms. The molecule has 0 aliphatic heterocycles. The third-order valence-electron chi connectivity index (χ3n) is 5.61. The zero-order chi connectivity index (χ0) is 23.4. The molecule has 1 unspecified atom stereocenters. The summed E-state index contributed by atoms with van der Waals surface area (Å²) >= 11 is 1.24. The molecule has 33 heavy (non-hydrogen) atoms. The van der Waals surface area contributed by atoms with Gasteiger partial charge in [0.1, 0.15) is 11.9 Å². The number of thiazole rings is 1. The first-order valence-electron chi connectivity index (χ1n) is 10.3. The first-order chi connectivity index (χ1) is 16.0. The fourth-order valence-corrected chi connectivity index (χ4v) is 4.25. The molecular formula is C25H21N5O2S. The molecule has 2 aromatic carbocycles. The molecule has 3 N–H and O–H groups in total. The second-order valence-corrected chi connectivity index (χ2v) is 8.55. The lowest BCUT2D eigenvalue weighted by atomic mass is 9.88. The molecule has 8 heteroatoms. The second-order valence-electron chi connectivity index (χ2n) is 7.69. The summed E-state index contributed by atoms with van der Waals surface area (Å²) in [7, 11) is 1.51. The molecule has 0 saturated heterocycles. The molecule has 3 aromatic rings. The van der Waals surface area contributed by atoms with E-state index in [4.69, 9.17) is 6.42 Å². The van der Waals surface area contributed by atoms with Crippen LogP contribution in [-0.2, 0) is 10.2 Å². The molecule has 0 bridgehead atoms. The summed E-state index contributed by atoms with van der Waals surface area (Å²) in [5.41, 5.74) is 3.18. The van der Waals surface area contributed by atoms with E-state index in [1.807, 2.05) is 36.4 Å². The number of carbonyl (C=O) groups excluding carboxylic acids is 2. The zero-order valence-corrected chi connectivity index (χ0v) is 18.7. The number of carbonyl (C=O) groups is 2. The molecule has 7 nitrogen and oxygen atoms in total. The number of nitriles is 1. The summed E-state index contributed by atoms with van der Waals surface area (Å²) in [5, 5.41) is 19.6. The first kappa shape index (κ1) is 22.1. The van der Waals surface area contributed by atoms with E-state index in [1.54, 1.807) is 17.5 Å². The van der Waals surface area contributed by atoms with E-state index in [1.165, 1.54) is 18.4 Å². The highest BCUT2D eigenvalue weighted by molar-refractivity contribution is 7.10. The fourth-order valence-electron chi connectivity index (χ4n) is 3.70. The maximum Gasteiger partial charge on any atom is 0.321 e. The normalized spacial score (nSPS) is 14.3. The number of terminal acetylenes is 1. The Morgan fingerprint density at radius 2 is 1.91 bits per heavy atom. The Labute approximate surface area is 195 Å². The van der Waals surface area contributed by atoms with Gasteiger partial charge in [0.05, 0.1) is 11.5 Å². The number of urea groups is 1. The number of benzene rings is 2. The van der Waals surface area contributed by atoms with Crippen molar-refractivity contribution in [3.63, 3.8) is 0 Å². The van der Waals surface area contributed by atoms with Crippen LogP contribution in [0.3, 0.4) is 0 Å². The molecule has 1 saturated carbocycles. The van der Waals surface area contributed by atoms with Gasteiger partial charge in [-0.25, -0.2) is 9.78 Å². The molecule has 1 aliphatic carbocycles. The number of nitrogens with one attached hydrogen (secondary N) is 3. The van der Waals surface area contributed by atoms with Gasteiger partial charge in [-0.3, -0.25) is 10.1 Å². The molecule has 3 amide bonds. The summed E-state index contributed by atoms with van der Waals surface area (Å²) in [6.07, 6.45) is 7.03. The Morgan fingerprint density at radius 3 is 2.52 bits per heavy atom. The van der Waals surface area contributed by atoms with Crippen molar-refractivity contribution in [1.82, 2.24) is 15.6 Å². The van der Waals surface area contributed by atoms with Gasteiger partial charge in [0.25, 0.3) is 0 Å². The molecule has 1 atom stereocenters. The van der Waals surface area contributed by atoms with Crippen LogP contribution in [0.25, 0.3) is 11.1 Å². The lowest BCUT2D eigenvalue weighted by Gasteiger charge is -2.19. The smallest absolute Gasteiger partial charge is 0.321 e. The minimum absolute atomic E-state index is 0.319. The second kappa shape index (κ2) is 9.15. The quantitative estimate of drug-likeness (QED) is 0.489. The Bertz CT molecular complexity index is 1280. The zero-order valence-electron chi connectivity index (χ0n) is 17.9. The van der Waals surface area contributed by atoms with Crippen LogP contribution in [0.5, 0.6) is 0 Å². The van der Waals surface area contributed by atoms with Gasteiger partial charge in [-0.2, -0.15) is 5.26 Å². The minimum atomic E-state index is -0.904. The summed E-state index contributed by atoms with van der Waals surface area (Å²) in [6, 6.07) is 16.3. The third kappa shape index (κ3) is 4.57. The Kier molecular flexibility index (Phi) is 6.12. The van der Waals surface area contributed by atoms with Crippen molar-refractivity contribution < 1.29 is 9.59 Å². The highest BCUT2D eigenvalue weighted by Gasteiger charge is 2.46. The van der Waals surface area contributed by atoms with Crippen LogP contribution in [0.2, 0.25) is 0 Å². The Balaban J connectivity index is 1.55. The predicted octanol–water partition coefficient (Wildman–Crippen LogP) is 3.96. The van der Waals surface area contributed by atoms with Gasteiger partial charge in [0.2, 0.25) is 5.91 Å². The van der Waals surface area contributed by atoms with Crippen molar-refractivity contribution in [2.45, 2.75) is 24.3 Å². The van der Waals surface area contributed by atoms with Crippen LogP contribution in [-0.4, -0.2) is 24.0 Å². The van der Waals surface area contributed by atoms with Gasteiger partial charge >= 0.3 is 6.03 Å². The van der Waals surface area contributed by atoms with Crippen molar-refractivity contribution in [2.75, 3.05) is 12.4 Å². The maximum atomic E-state index is 12.5. The minimum Gasteiger partial charge on any atom is -0.357 e. The number of nitrogens with zero attached hydrogens (tertiary/aromatic N) is 2. The molecule has 1 aromatic heterocycles. The summed E-state index contributed by atoms with van der Waals surface area (Å²) in [4.78, 5) is 29.1. The highest BCUT2D eigenvalue weighted by atomic mass is 32.1. The van der Waals surface area contributed by atoms with Gasteiger partial charge in [0.15, 0.2) is 5.01 Å². The maximum absolute atomic E-state index is 12.5. The van der Waals surface area contributed by atoms with E-state index in [2.05, 4.69) is 32.9 Å². The number of aromatic nitrogens is 1. The molecule has 4 rings (SSSR count). The largest absolute Gasteiger partial charge is 0.357 e. The monoisotopic (exact) mass is 455 g/mol. The first-order valence-corrected chi connectivity index (χ1v) is 11.2. The number of hydrogen-bond donors (Lipinski definition) is 3. The van der Waals surface area contributed by atoms with Gasteiger partial charge in [-0.1, -0.05) is 48.5 Å². The predicted molar refractivity (Wildman–Crippen MR) is 127 cm³/mol. The summed E-state index contributed by atoms with van der Waals surface area (Å²) in [6.45, 7) is 0. The number of anilines is 1.